The van der Waals surface area contributed by atoms with Gasteiger partial charge in [0.15, 0.2) is 0 Å². The van der Waals surface area contributed by atoms with Gasteiger partial charge in [-0.15, -0.1) is 0 Å². The van der Waals surface area contributed by atoms with Gasteiger partial charge in [0, 0.05) is 23.4 Å². The van der Waals surface area contributed by atoms with Crippen LogP contribution in [0, 0.1) is 0 Å². The number of aromatic amines is 1. The number of hydrogen-bond acceptors (Lipinski definition) is 4. The predicted molar refractivity (Wildman–Crippen MR) is 86.7 cm³/mol. The molecule has 0 spiro atoms. The average molecular weight is 307 g/mol. The minimum atomic E-state index is -0.270. The summed E-state index contributed by atoms with van der Waals surface area (Å²) in [4.78, 5) is 22.9. The number of nitrogens with zero attached hydrogens (tertiary/aromatic N) is 1. The zero-order chi connectivity index (χ0) is 16.1. The molecule has 0 fully saturated rings. The van der Waals surface area contributed by atoms with Crippen LogP contribution in [-0.4, -0.2) is 16.1 Å². The molecule has 6 heteroatoms. The van der Waals surface area contributed by atoms with Crippen LogP contribution < -0.4 is 10.9 Å². The Morgan fingerprint density at radius 3 is 2.83 bits per heavy atom. The maximum Gasteiger partial charge on any atom is 0.264 e. The first-order valence-corrected chi connectivity index (χ1v) is 6.89. The fourth-order valence-electron chi connectivity index (χ4n) is 1.99. The molecule has 0 bridgehead atoms. The lowest BCUT2D eigenvalue weighted by atomic mass is 10.1. The largest absolute Gasteiger partial charge is 0.465 e. The topological polar surface area (TPSA) is 88.0 Å². The third kappa shape index (κ3) is 3.82. The first kappa shape index (κ1) is 14.5. The summed E-state index contributed by atoms with van der Waals surface area (Å²) in [7, 11) is 0. The summed E-state index contributed by atoms with van der Waals surface area (Å²) in [5.74, 6) is 0.333. The molecule has 2 heterocycles. The van der Waals surface area contributed by atoms with Crippen molar-refractivity contribution in [2.24, 2.45) is 0 Å². The molecule has 114 valence electrons. The molecule has 0 saturated carbocycles. The van der Waals surface area contributed by atoms with Gasteiger partial charge in [-0.2, -0.15) is 5.10 Å². The van der Waals surface area contributed by atoms with E-state index in [9.17, 15) is 9.59 Å². The zero-order valence-electron chi connectivity index (χ0n) is 12.0. The lowest BCUT2D eigenvalue weighted by Gasteiger charge is -2.05. The Hall–Kier alpha value is -3.41. The first-order chi connectivity index (χ1) is 11.2. The lowest BCUT2D eigenvalue weighted by Crippen LogP contribution is -2.08. The van der Waals surface area contributed by atoms with Crippen molar-refractivity contribution in [2.75, 3.05) is 5.32 Å². The monoisotopic (exact) mass is 307 g/mol. The highest BCUT2D eigenvalue weighted by Gasteiger charge is 2.03. The van der Waals surface area contributed by atoms with Crippen LogP contribution >= 0.6 is 0 Å². The summed E-state index contributed by atoms with van der Waals surface area (Å²) in [5, 5.41) is 9.10. The number of benzene rings is 1. The molecule has 2 aromatic heterocycles. The van der Waals surface area contributed by atoms with E-state index < -0.39 is 0 Å². The summed E-state index contributed by atoms with van der Waals surface area (Å²) in [6.45, 7) is 0. The van der Waals surface area contributed by atoms with E-state index in [-0.39, 0.29) is 11.5 Å². The third-order valence-electron chi connectivity index (χ3n) is 3.05. The van der Waals surface area contributed by atoms with Crippen molar-refractivity contribution in [2.45, 2.75) is 0 Å². The van der Waals surface area contributed by atoms with Crippen LogP contribution in [0.25, 0.3) is 17.3 Å². The summed E-state index contributed by atoms with van der Waals surface area (Å²) >= 11 is 0. The SMILES string of the molecule is O=C(/C=C/c1ccco1)Nc1cccc(-c2ccc(=O)[nH]n2)c1. The molecule has 0 unspecified atom stereocenters. The number of H-pyrrole nitrogens is 1. The van der Waals surface area contributed by atoms with Crippen LogP contribution in [-0.2, 0) is 4.79 Å². The van der Waals surface area contributed by atoms with Crippen LogP contribution in [0.1, 0.15) is 5.76 Å². The Kier molecular flexibility index (Phi) is 4.15. The summed E-state index contributed by atoms with van der Waals surface area (Å²) in [6.07, 6.45) is 4.52. The van der Waals surface area contributed by atoms with Gasteiger partial charge in [-0.3, -0.25) is 9.59 Å². The molecule has 0 aliphatic carbocycles. The number of rotatable bonds is 4. The molecule has 0 radical (unpaired) electrons. The van der Waals surface area contributed by atoms with Gasteiger partial charge in [0.2, 0.25) is 5.91 Å². The molecule has 6 nitrogen and oxygen atoms in total. The van der Waals surface area contributed by atoms with Crippen molar-refractivity contribution in [1.82, 2.24) is 10.2 Å². The summed E-state index contributed by atoms with van der Waals surface area (Å²) in [5.41, 5.74) is 1.77. The molecule has 2 N–H and O–H groups in total. The molecule has 1 amide bonds. The number of amides is 1. The number of nitrogens with one attached hydrogen (secondary N) is 2. The van der Waals surface area contributed by atoms with Crippen molar-refractivity contribution in [1.29, 1.82) is 0 Å². The second-order valence-electron chi connectivity index (χ2n) is 4.73. The van der Waals surface area contributed by atoms with Gasteiger partial charge in [0.25, 0.3) is 5.56 Å². The zero-order valence-corrected chi connectivity index (χ0v) is 12.0. The fraction of sp³-hybridized carbons (Fsp3) is 0. The average Bonchev–Trinajstić information content (AvgIpc) is 3.07. The van der Waals surface area contributed by atoms with Gasteiger partial charge in [-0.05, 0) is 36.4 Å². The summed E-state index contributed by atoms with van der Waals surface area (Å²) < 4.78 is 5.12. The van der Waals surface area contributed by atoms with Gasteiger partial charge < -0.3 is 9.73 Å². The Morgan fingerprint density at radius 2 is 2.09 bits per heavy atom. The molecule has 0 aliphatic rings. The lowest BCUT2D eigenvalue weighted by molar-refractivity contribution is -0.111. The van der Waals surface area contributed by atoms with Crippen LogP contribution in [0.5, 0.6) is 0 Å². The van der Waals surface area contributed by atoms with Crippen LogP contribution in [0.15, 0.2) is 70.1 Å². The van der Waals surface area contributed by atoms with Crippen LogP contribution in [0.2, 0.25) is 0 Å². The number of furan rings is 1. The van der Waals surface area contributed by atoms with Crippen molar-refractivity contribution in [3.8, 4) is 11.3 Å². The second kappa shape index (κ2) is 6.57. The van der Waals surface area contributed by atoms with E-state index in [0.717, 1.165) is 5.56 Å². The minimum absolute atomic E-state index is 0.263. The smallest absolute Gasteiger partial charge is 0.264 e. The van der Waals surface area contributed by atoms with E-state index in [0.29, 0.717) is 17.1 Å². The maximum absolute atomic E-state index is 11.9. The second-order valence-corrected chi connectivity index (χ2v) is 4.73. The summed E-state index contributed by atoms with van der Waals surface area (Å²) in [6, 6.07) is 13.7. The Morgan fingerprint density at radius 1 is 1.17 bits per heavy atom. The minimum Gasteiger partial charge on any atom is -0.465 e. The first-order valence-electron chi connectivity index (χ1n) is 6.89. The molecule has 3 rings (SSSR count). The number of hydrogen-bond donors (Lipinski definition) is 2. The fourth-order valence-corrected chi connectivity index (χ4v) is 1.99. The molecule has 1 aromatic carbocycles. The van der Waals surface area contributed by atoms with Gasteiger partial charge in [-0.25, -0.2) is 5.10 Å². The van der Waals surface area contributed by atoms with Gasteiger partial charge in [0.1, 0.15) is 5.76 Å². The van der Waals surface area contributed by atoms with Crippen molar-refractivity contribution >= 4 is 17.7 Å². The van der Waals surface area contributed by atoms with Crippen LogP contribution in [0.3, 0.4) is 0 Å². The van der Waals surface area contributed by atoms with E-state index >= 15 is 0 Å². The number of carbonyl (C=O) groups is 1. The number of carbonyl (C=O) groups excluding carboxylic acids is 1. The normalized spacial score (nSPS) is 10.8. The van der Waals surface area contributed by atoms with Gasteiger partial charge in [0.05, 0.1) is 12.0 Å². The van der Waals surface area contributed by atoms with E-state index in [2.05, 4.69) is 15.5 Å². The molecule has 0 atom stereocenters. The molecule has 23 heavy (non-hydrogen) atoms. The predicted octanol–water partition coefficient (Wildman–Crippen LogP) is 2.68. The van der Waals surface area contributed by atoms with Gasteiger partial charge in [-0.1, -0.05) is 12.1 Å². The Balaban J connectivity index is 1.73. The number of anilines is 1. The van der Waals surface area contributed by atoms with Crippen molar-refractivity contribution in [3.05, 3.63) is 77.0 Å². The van der Waals surface area contributed by atoms with E-state index in [1.807, 2.05) is 6.07 Å². The number of aromatic nitrogens is 2. The molecular formula is C17H13N3O3. The van der Waals surface area contributed by atoms with Gasteiger partial charge >= 0.3 is 0 Å². The molecule has 0 saturated heterocycles. The standard InChI is InChI=1S/C17H13N3O3/c21-16(8-6-14-5-2-10-23-14)18-13-4-1-3-12(11-13)15-7-9-17(22)20-19-15/h1-11H,(H,18,21)(H,20,22)/b8-6+. The van der Waals surface area contributed by atoms with Crippen molar-refractivity contribution in [3.63, 3.8) is 0 Å². The molecule has 3 aromatic rings. The van der Waals surface area contributed by atoms with Crippen LogP contribution in [0.4, 0.5) is 5.69 Å². The highest BCUT2D eigenvalue weighted by Crippen LogP contribution is 2.19. The Labute approximate surface area is 131 Å². The van der Waals surface area contributed by atoms with Crippen molar-refractivity contribution < 1.29 is 9.21 Å². The third-order valence-corrected chi connectivity index (χ3v) is 3.05. The van der Waals surface area contributed by atoms with E-state index in [1.54, 1.807) is 42.5 Å². The molecular weight excluding hydrogens is 294 g/mol. The Bertz CT molecular complexity index is 875. The highest BCUT2D eigenvalue weighted by molar-refractivity contribution is 6.02. The van der Waals surface area contributed by atoms with E-state index in [1.165, 1.54) is 18.4 Å². The van der Waals surface area contributed by atoms with E-state index in [4.69, 9.17) is 4.42 Å². The quantitative estimate of drug-likeness (QED) is 0.725. The maximum atomic E-state index is 11.9. The highest BCUT2D eigenvalue weighted by atomic mass is 16.3. The molecule has 0 aliphatic heterocycles.